The van der Waals surface area contributed by atoms with Gasteiger partial charge in [0, 0.05) is 0 Å². The van der Waals surface area contributed by atoms with E-state index in [-0.39, 0.29) is 0 Å². The maximum Gasteiger partial charge on any atom is -0.00994 e. The van der Waals surface area contributed by atoms with Gasteiger partial charge in [0.15, 0.2) is 0 Å². The van der Waals surface area contributed by atoms with Crippen molar-refractivity contribution in [2.45, 2.75) is 39.0 Å². The molecule has 0 heteroatoms. The second kappa shape index (κ2) is 6.20. The van der Waals surface area contributed by atoms with Crippen molar-refractivity contribution in [1.82, 2.24) is 0 Å². The molecule has 0 radical (unpaired) electrons. The summed E-state index contributed by atoms with van der Waals surface area (Å²) in [5, 5.41) is 2.76. The minimum absolute atomic E-state index is 0.791. The molecular weight excluding hydrogens is 276 g/mol. The van der Waals surface area contributed by atoms with E-state index in [0.29, 0.717) is 0 Å². The zero-order valence-corrected chi connectivity index (χ0v) is 13.9. The monoisotopic (exact) mass is 300 g/mol. The molecule has 1 saturated carbocycles. The summed E-state index contributed by atoms with van der Waals surface area (Å²) in [6.45, 7) is 2.21. The van der Waals surface area contributed by atoms with Gasteiger partial charge in [-0.1, -0.05) is 68.3 Å². The average molecular weight is 300 g/mol. The smallest absolute Gasteiger partial charge is 0.00994 e. The van der Waals surface area contributed by atoms with Gasteiger partial charge in [-0.05, 0) is 70.0 Å². The minimum Gasteiger partial charge on any atom is -0.0741 e. The number of hydrogen-bond acceptors (Lipinski definition) is 0. The van der Waals surface area contributed by atoms with Gasteiger partial charge in [-0.15, -0.1) is 0 Å². The van der Waals surface area contributed by atoms with Crippen LogP contribution in [0.15, 0.2) is 54.1 Å². The van der Waals surface area contributed by atoms with Gasteiger partial charge in [0.2, 0.25) is 0 Å². The van der Waals surface area contributed by atoms with Crippen LogP contribution < -0.4 is 10.4 Å². The molecule has 2 aromatic rings. The first-order valence-electron chi connectivity index (χ1n) is 8.97. The summed E-state index contributed by atoms with van der Waals surface area (Å²) < 4.78 is 0. The minimum atomic E-state index is 0.791. The fraction of sp³-hybridized carbons (Fsp3) is 0.304. The molecule has 2 aliphatic rings. The number of hydrogen-bond donors (Lipinski definition) is 0. The number of fused-ring (bicyclic) bond motifs is 1. The second-order valence-electron chi connectivity index (χ2n) is 6.86. The zero-order valence-electron chi connectivity index (χ0n) is 13.9. The number of benzene rings is 2. The van der Waals surface area contributed by atoms with Gasteiger partial charge in [0.05, 0.1) is 0 Å². The molecule has 0 atom stereocenters. The highest BCUT2D eigenvalue weighted by molar-refractivity contribution is 5.77. The largest absolute Gasteiger partial charge is 0.0741 e. The predicted molar refractivity (Wildman–Crippen MR) is 99.5 cm³/mol. The van der Waals surface area contributed by atoms with Crippen molar-refractivity contribution in [3.63, 3.8) is 0 Å². The first-order valence-corrected chi connectivity index (χ1v) is 8.97. The highest BCUT2D eigenvalue weighted by atomic mass is 14.2. The van der Waals surface area contributed by atoms with Crippen LogP contribution in [-0.4, -0.2) is 0 Å². The molecule has 0 bridgehead atoms. The van der Waals surface area contributed by atoms with E-state index in [4.69, 9.17) is 0 Å². The van der Waals surface area contributed by atoms with Crippen molar-refractivity contribution in [3.05, 3.63) is 70.1 Å². The first-order chi connectivity index (χ1) is 11.3. The molecule has 116 valence electrons. The quantitative estimate of drug-likeness (QED) is 0.776. The van der Waals surface area contributed by atoms with Gasteiger partial charge in [-0.3, -0.25) is 0 Å². The molecule has 2 aliphatic carbocycles. The predicted octanol–water partition coefficient (Wildman–Crippen LogP) is 4.61. The summed E-state index contributed by atoms with van der Waals surface area (Å²) in [5.41, 5.74) is 5.49. The van der Waals surface area contributed by atoms with Gasteiger partial charge in [0.1, 0.15) is 0 Å². The van der Waals surface area contributed by atoms with E-state index < -0.39 is 0 Å². The van der Waals surface area contributed by atoms with Crippen molar-refractivity contribution in [1.29, 1.82) is 0 Å². The topological polar surface area (TPSA) is 0 Å². The molecule has 2 aromatic carbocycles. The Bertz CT molecular complexity index is 844. The molecule has 23 heavy (non-hydrogen) atoms. The number of rotatable bonds is 3. The van der Waals surface area contributed by atoms with E-state index in [1.54, 1.807) is 0 Å². The van der Waals surface area contributed by atoms with Crippen LogP contribution in [0.3, 0.4) is 0 Å². The summed E-state index contributed by atoms with van der Waals surface area (Å²) in [5.74, 6) is 0.791. The van der Waals surface area contributed by atoms with Gasteiger partial charge in [-0.2, -0.15) is 0 Å². The van der Waals surface area contributed by atoms with E-state index in [9.17, 15) is 0 Å². The Morgan fingerprint density at radius 1 is 0.957 bits per heavy atom. The van der Waals surface area contributed by atoms with E-state index in [1.165, 1.54) is 58.4 Å². The highest BCUT2D eigenvalue weighted by Crippen LogP contribution is 2.27. The van der Waals surface area contributed by atoms with Gasteiger partial charge < -0.3 is 0 Å². The lowest BCUT2D eigenvalue weighted by atomic mass is 10.0. The Balaban J connectivity index is 1.75. The third-order valence-corrected chi connectivity index (χ3v) is 5.27. The number of aryl methyl sites for hydroxylation is 1. The van der Waals surface area contributed by atoms with Crippen molar-refractivity contribution >= 4 is 12.2 Å². The van der Waals surface area contributed by atoms with Crippen LogP contribution in [0, 0.1) is 5.92 Å². The number of allylic oxidation sites excluding steroid dienone is 2. The molecule has 0 nitrogen and oxygen atoms in total. The van der Waals surface area contributed by atoms with Crippen LogP contribution in [0.5, 0.6) is 0 Å². The maximum atomic E-state index is 2.50. The summed E-state index contributed by atoms with van der Waals surface area (Å²) in [6, 6.07) is 15.7. The summed E-state index contributed by atoms with van der Waals surface area (Å²) in [4.78, 5) is 0. The van der Waals surface area contributed by atoms with E-state index in [0.717, 1.165) is 12.3 Å². The van der Waals surface area contributed by atoms with E-state index >= 15 is 0 Å². The summed E-state index contributed by atoms with van der Waals surface area (Å²) in [7, 11) is 0. The van der Waals surface area contributed by atoms with Crippen LogP contribution in [-0.2, 0) is 6.42 Å². The van der Waals surface area contributed by atoms with Crippen molar-refractivity contribution in [3.8, 4) is 11.1 Å². The maximum absolute atomic E-state index is 2.50. The molecule has 1 fully saturated rings. The van der Waals surface area contributed by atoms with Crippen LogP contribution in [0.4, 0.5) is 0 Å². The molecule has 0 aliphatic heterocycles. The molecule has 0 spiro atoms. The van der Waals surface area contributed by atoms with Gasteiger partial charge in [0.25, 0.3) is 0 Å². The Kier molecular flexibility index (Phi) is 3.91. The Morgan fingerprint density at radius 2 is 1.74 bits per heavy atom. The molecule has 0 aromatic heterocycles. The molecule has 4 rings (SSSR count). The summed E-state index contributed by atoms with van der Waals surface area (Å²) in [6.07, 6.45) is 13.9. The average Bonchev–Trinajstić information content (AvgIpc) is 3.24. The van der Waals surface area contributed by atoms with Crippen LogP contribution in [0.2, 0.25) is 0 Å². The van der Waals surface area contributed by atoms with Crippen molar-refractivity contribution < 1.29 is 0 Å². The lowest BCUT2D eigenvalue weighted by molar-refractivity contribution is 0.685. The fourth-order valence-electron chi connectivity index (χ4n) is 3.92. The molecule has 0 heterocycles. The van der Waals surface area contributed by atoms with Crippen molar-refractivity contribution in [2.24, 2.45) is 5.92 Å². The van der Waals surface area contributed by atoms with Gasteiger partial charge >= 0.3 is 0 Å². The molecule has 0 saturated heterocycles. The molecular formula is C23H24. The highest BCUT2D eigenvalue weighted by Gasteiger charge is 2.13. The first kappa shape index (κ1) is 14.5. The zero-order chi connectivity index (χ0) is 15.6. The normalized spacial score (nSPS) is 18.7. The lowest BCUT2D eigenvalue weighted by Gasteiger charge is -2.04. The molecule has 0 N–H and O–H groups in total. The lowest BCUT2D eigenvalue weighted by Crippen LogP contribution is -2.22. The Labute approximate surface area is 138 Å². The molecule has 0 amide bonds. The second-order valence-corrected chi connectivity index (χ2v) is 6.86. The van der Waals surface area contributed by atoms with Crippen molar-refractivity contribution in [2.75, 3.05) is 0 Å². The Hall–Kier alpha value is -2.08. The standard InChI is InChI=1S/C23H24/c1-2-17-10-12-20(13-11-17)22-9-5-8-21-15-19(16-23(21)22)14-18-6-3-4-7-18/h5,8-16,18H,2-4,6-7H2,1H3. The molecule has 0 unspecified atom stereocenters. The fourth-order valence-corrected chi connectivity index (χ4v) is 3.92. The summed E-state index contributed by atoms with van der Waals surface area (Å²) >= 11 is 0. The third-order valence-electron chi connectivity index (χ3n) is 5.27. The Morgan fingerprint density at radius 3 is 2.48 bits per heavy atom. The van der Waals surface area contributed by atoms with E-state index in [1.807, 2.05) is 0 Å². The van der Waals surface area contributed by atoms with Crippen LogP contribution in [0.1, 0.15) is 38.2 Å². The van der Waals surface area contributed by atoms with Crippen LogP contribution in [0.25, 0.3) is 23.3 Å². The van der Waals surface area contributed by atoms with Crippen LogP contribution >= 0.6 is 0 Å². The SMILES string of the molecule is CCc1ccc(-c2cccc3c2=CC(=CC2CCCC2)C=3)cc1. The van der Waals surface area contributed by atoms with Gasteiger partial charge in [-0.25, -0.2) is 0 Å². The van der Waals surface area contributed by atoms with E-state index in [2.05, 4.69) is 67.6 Å². The third kappa shape index (κ3) is 2.91.